The number of nitrogens with one attached hydrogen (secondary N) is 1. The Kier molecular flexibility index (Phi) is 3.93. The van der Waals surface area contributed by atoms with E-state index in [4.69, 9.17) is 0 Å². The van der Waals surface area contributed by atoms with Gasteiger partial charge in [-0.25, -0.2) is 9.97 Å². The maximum absolute atomic E-state index is 11.1. The number of hydrogen-bond acceptors (Lipinski definition) is 5. The van der Waals surface area contributed by atoms with Gasteiger partial charge in [-0.3, -0.25) is 10.1 Å². The summed E-state index contributed by atoms with van der Waals surface area (Å²) in [5, 5.41) is 14.1. The van der Waals surface area contributed by atoms with Crippen LogP contribution in [0, 0.1) is 10.1 Å². The molecule has 0 atom stereocenters. The van der Waals surface area contributed by atoms with Crippen LogP contribution in [0.25, 0.3) is 11.4 Å². The Hall–Kier alpha value is -2.50. The van der Waals surface area contributed by atoms with Crippen LogP contribution < -0.4 is 5.32 Å². The summed E-state index contributed by atoms with van der Waals surface area (Å²) in [5.74, 6) is 1.23. The van der Waals surface area contributed by atoms with E-state index >= 15 is 0 Å². The van der Waals surface area contributed by atoms with E-state index in [1.807, 2.05) is 19.9 Å². The Morgan fingerprint density at radius 2 is 1.95 bits per heavy atom. The largest absolute Gasteiger partial charge is 0.373 e. The Morgan fingerprint density at radius 3 is 2.55 bits per heavy atom. The van der Waals surface area contributed by atoms with E-state index in [2.05, 4.69) is 15.3 Å². The Labute approximate surface area is 117 Å². The average Bonchev–Trinajstić information content (AvgIpc) is 2.46. The van der Waals surface area contributed by atoms with E-state index in [1.165, 1.54) is 6.07 Å². The SMILES string of the molecule is CNc1cc(C(C)C)nc(-c2ccccc2[N+](=O)[O-])n1. The third-order valence-electron chi connectivity index (χ3n) is 2.94. The molecule has 1 heterocycles. The second-order valence-corrected chi connectivity index (χ2v) is 4.68. The monoisotopic (exact) mass is 272 g/mol. The van der Waals surface area contributed by atoms with Crippen LogP contribution in [0.5, 0.6) is 0 Å². The van der Waals surface area contributed by atoms with Crippen LogP contribution in [0.1, 0.15) is 25.5 Å². The first-order valence-corrected chi connectivity index (χ1v) is 6.33. The minimum Gasteiger partial charge on any atom is -0.373 e. The summed E-state index contributed by atoms with van der Waals surface area (Å²) in [6.45, 7) is 4.04. The average molecular weight is 272 g/mol. The molecule has 0 aliphatic carbocycles. The van der Waals surface area contributed by atoms with Gasteiger partial charge in [0.2, 0.25) is 0 Å². The number of nitro groups is 1. The van der Waals surface area contributed by atoms with Gasteiger partial charge in [-0.15, -0.1) is 0 Å². The van der Waals surface area contributed by atoms with Crippen LogP contribution in [0.15, 0.2) is 30.3 Å². The van der Waals surface area contributed by atoms with Crippen LogP contribution in [0.2, 0.25) is 0 Å². The van der Waals surface area contributed by atoms with Gasteiger partial charge in [0.05, 0.1) is 10.5 Å². The van der Waals surface area contributed by atoms with E-state index in [9.17, 15) is 10.1 Å². The molecule has 0 spiro atoms. The highest BCUT2D eigenvalue weighted by Gasteiger charge is 2.18. The highest BCUT2D eigenvalue weighted by Crippen LogP contribution is 2.29. The molecular weight excluding hydrogens is 256 g/mol. The smallest absolute Gasteiger partial charge is 0.280 e. The van der Waals surface area contributed by atoms with Gasteiger partial charge in [0.15, 0.2) is 5.82 Å². The molecular formula is C14H16N4O2. The van der Waals surface area contributed by atoms with Crippen molar-refractivity contribution >= 4 is 11.5 Å². The van der Waals surface area contributed by atoms with Gasteiger partial charge in [-0.1, -0.05) is 26.0 Å². The van der Waals surface area contributed by atoms with Crippen molar-refractivity contribution in [3.8, 4) is 11.4 Å². The molecule has 0 saturated carbocycles. The lowest BCUT2D eigenvalue weighted by Gasteiger charge is -2.10. The molecule has 0 bridgehead atoms. The van der Waals surface area contributed by atoms with Crippen LogP contribution in [-0.4, -0.2) is 21.9 Å². The third kappa shape index (κ3) is 2.74. The van der Waals surface area contributed by atoms with E-state index in [-0.39, 0.29) is 11.6 Å². The van der Waals surface area contributed by atoms with Gasteiger partial charge in [-0.2, -0.15) is 0 Å². The van der Waals surface area contributed by atoms with Crippen LogP contribution in [-0.2, 0) is 0 Å². The number of anilines is 1. The first-order chi connectivity index (χ1) is 9.52. The molecule has 1 aromatic carbocycles. The third-order valence-corrected chi connectivity index (χ3v) is 2.94. The van der Waals surface area contributed by atoms with Crippen molar-refractivity contribution in [2.75, 3.05) is 12.4 Å². The topological polar surface area (TPSA) is 81.0 Å². The maximum Gasteiger partial charge on any atom is 0.280 e. The minimum absolute atomic E-state index is 0.00968. The van der Waals surface area contributed by atoms with Crippen LogP contribution in [0.3, 0.4) is 0 Å². The Morgan fingerprint density at radius 1 is 1.25 bits per heavy atom. The van der Waals surface area contributed by atoms with Crippen LogP contribution in [0.4, 0.5) is 11.5 Å². The zero-order chi connectivity index (χ0) is 14.7. The molecule has 0 unspecified atom stereocenters. The van der Waals surface area contributed by atoms with Crippen LogP contribution >= 0.6 is 0 Å². The molecule has 1 aromatic heterocycles. The first-order valence-electron chi connectivity index (χ1n) is 6.33. The van der Waals surface area contributed by atoms with Crippen molar-refractivity contribution in [2.45, 2.75) is 19.8 Å². The fourth-order valence-corrected chi connectivity index (χ4v) is 1.83. The lowest BCUT2D eigenvalue weighted by Crippen LogP contribution is -2.03. The van der Waals surface area contributed by atoms with Crippen molar-refractivity contribution in [3.63, 3.8) is 0 Å². The summed E-state index contributed by atoms with van der Waals surface area (Å²) in [6.07, 6.45) is 0. The first kappa shape index (κ1) is 13.9. The Bertz CT molecular complexity index is 641. The summed E-state index contributed by atoms with van der Waals surface area (Å²) < 4.78 is 0. The zero-order valence-corrected chi connectivity index (χ0v) is 11.6. The molecule has 0 radical (unpaired) electrons. The predicted octanol–water partition coefficient (Wildman–Crippen LogP) is 3.22. The molecule has 0 aliphatic rings. The van der Waals surface area contributed by atoms with Gasteiger partial charge in [-0.05, 0) is 12.0 Å². The summed E-state index contributed by atoms with van der Waals surface area (Å²) in [7, 11) is 1.76. The highest BCUT2D eigenvalue weighted by molar-refractivity contribution is 5.68. The van der Waals surface area contributed by atoms with Crippen molar-refractivity contribution in [1.29, 1.82) is 0 Å². The molecule has 6 heteroatoms. The fourth-order valence-electron chi connectivity index (χ4n) is 1.83. The molecule has 0 fully saturated rings. The van der Waals surface area contributed by atoms with E-state index < -0.39 is 4.92 Å². The summed E-state index contributed by atoms with van der Waals surface area (Å²) >= 11 is 0. The molecule has 0 saturated heterocycles. The number of nitrogens with zero attached hydrogens (tertiary/aromatic N) is 3. The summed E-state index contributed by atoms with van der Waals surface area (Å²) in [5.41, 5.74) is 1.28. The molecule has 20 heavy (non-hydrogen) atoms. The number of rotatable bonds is 4. The van der Waals surface area contributed by atoms with Gasteiger partial charge in [0.1, 0.15) is 5.82 Å². The predicted molar refractivity (Wildman–Crippen MR) is 77.8 cm³/mol. The molecule has 0 aliphatic heterocycles. The van der Waals surface area contributed by atoms with E-state index in [0.29, 0.717) is 17.2 Å². The molecule has 2 rings (SSSR count). The number of hydrogen-bond donors (Lipinski definition) is 1. The maximum atomic E-state index is 11.1. The second-order valence-electron chi connectivity index (χ2n) is 4.68. The van der Waals surface area contributed by atoms with Crippen molar-refractivity contribution in [1.82, 2.24) is 9.97 Å². The van der Waals surface area contributed by atoms with Crippen molar-refractivity contribution in [3.05, 3.63) is 46.1 Å². The number of aromatic nitrogens is 2. The van der Waals surface area contributed by atoms with E-state index in [1.54, 1.807) is 25.2 Å². The summed E-state index contributed by atoms with van der Waals surface area (Å²) in [4.78, 5) is 19.4. The lowest BCUT2D eigenvalue weighted by molar-refractivity contribution is -0.384. The van der Waals surface area contributed by atoms with Gasteiger partial charge < -0.3 is 5.32 Å². The zero-order valence-electron chi connectivity index (χ0n) is 11.6. The van der Waals surface area contributed by atoms with Gasteiger partial charge >= 0.3 is 0 Å². The fraction of sp³-hybridized carbons (Fsp3) is 0.286. The van der Waals surface area contributed by atoms with Crippen molar-refractivity contribution in [2.24, 2.45) is 0 Å². The lowest BCUT2D eigenvalue weighted by atomic mass is 10.1. The number of benzene rings is 1. The molecule has 0 amide bonds. The highest BCUT2D eigenvalue weighted by atomic mass is 16.6. The number of para-hydroxylation sites is 1. The minimum atomic E-state index is -0.417. The standard InChI is InChI=1S/C14H16N4O2/c1-9(2)11-8-13(15-3)17-14(16-11)10-6-4-5-7-12(10)18(19)20/h4-9H,1-3H3,(H,15,16,17). The van der Waals surface area contributed by atoms with Gasteiger partial charge in [0.25, 0.3) is 5.69 Å². The van der Waals surface area contributed by atoms with E-state index in [0.717, 1.165) is 5.69 Å². The van der Waals surface area contributed by atoms with Crippen molar-refractivity contribution < 1.29 is 4.92 Å². The quantitative estimate of drug-likeness (QED) is 0.682. The molecule has 1 N–H and O–H groups in total. The van der Waals surface area contributed by atoms with Gasteiger partial charge in [0, 0.05) is 24.9 Å². The molecule has 104 valence electrons. The number of nitro benzene ring substituents is 1. The molecule has 6 nitrogen and oxygen atoms in total. The Balaban J connectivity index is 2.63. The summed E-state index contributed by atoms with van der Waals surface area (Å²) in [6, 6.07) is 8.35. The molecule has 2 aromatic rings. The second kappa shape index (κ2) is 5.64. The normalized spacial score (nSPS) is 10.6.